The van der Waals surface area contributed by atoms with Gasteiger partial charge in [0.15, 0.2) is 6.10 Å². The van der Waals surface area contributed by atoms with E-state index < -0.39 is 57.8 Å². The fourth-order valence-electron chi connectivity index (χ4n) is 8.22. The van der Waals surface area contributed by atoms with Gasteiger partial charge in [0.1, 0.15) is 12.7 Å². The summed E-state index contributed by atoms with van der Waals surface area (Å²) in [5, 5.41) is 9.80. The average Bonchev–Trinajstić information content (AvgIpc) is 3.39. The normalized spacial score (nSPS) is 13.7. The fraction of sp³-hybridized carbons (Fsp3) is 0.790. The van der Waals surface area contributed by atoms with Gasteiger partial charge in [-0.25, -0.2) is 4.57 Å². The molecule has 0 aromatic rings. The van der Waals surface area contributed by atoms with Crippen molar-refractivity contribution in [2.24, 2.45) is 0 Å². The lowest BCUT2D eigenvalue weighted by molar-refractivity contribution is -0.161. The van der Waals surface area contributed by atoms with Gasteiger partial charge in [-0.15, -0.1) is 0 Å². The second-order valence-corrected chi connectivity index (χ2v) is 21.6. The van der Waals surface area contributed by atoms with Gasteiger partial charge in [0.05, 0.1) is 19.8 Å². The Hall–Kier alpha value is -2.82. The van der Waals surface area contributed by atoms with Crippen molar-refractivity contribution >= 4 is 25.7 Å². The summed E-state index contributed by atoms with van der Waals surface area (Å²) < 4.78 is 39.5. The van der Waals surface area contributed by atoms with E-state index in [1.807, 2.05) is 0 Å². The number of phosphoric acid groups is 1. The first-order valence-corrected chi connectivity index (χ1v) is 31.7. The molecule has 2 N–H and O–H groups in total. The molecule has 0 radical (unpaired) electrons. The fourth-order valence-corrected chi connectivity index (χ4v) is 9.01. The van der Waals surface area contributed by atoms with Crippen molar-refractivity contribution in [3.05, 3.63) is 60.8 Å². The Morgan fingerprint density at radius 1 is 0.378 bits per heavy atom. The number of allylic oxidation sites excluding steroid dienone is 10. The number of hydrogen-bond acceptors (Lipinski definition) is 10. The Labute approximate surface area is 453 Å². The molecule has 11 nitrogen and oxygen atoms in total. The smallest absolute Gasteiger partial charge is 0.462 e. The monoisotopic (exact) mass is 1060 g/mol. The predicted octanol–water partition coefficient (Wildman–Crippen LogP) is 17.9. The van der Waals surface area contributed by atoms with Gasteiger partial charge >= 0.3 is 25.7 Å². The van der Waals surface area contributed by atoms with Crippen LogP contribution in [0.25, 0.3) is 0 Å². The van der Waals surface area contributed by atoms with Crippen LogP contribution >= 0.6 is 7.82 Å². The van der Waals surface area contributed by atoms with Crippen LogP contribution in [0.2, 0.25) is 0 Å². The summed E-state index contributed by atoms with van der Waals surface area (Å²) in [7, 11) is -4.75. The minimum absolute atomic E-state index is 0.152. The zero-order valence-electron chi connectivity index (χ0n) is 47.6. The number of phosphoric ester groups is 1. The molecule has 0 aliphatic rings. The number of hydrogen-bond donors (Lipinski definition) is 2. The molecule has 0 aromatic heterocycles. The van der Waals surface area contributed by atoms with Crippen molar-refractivity contribution in [1.29, 1.82) is 0 Å². The number of ether oxygens (including phenoxy) is 3. The molecule has 74 heavy (non-hydrogen) atoms. The first kappa shape index (κ1) is 71.2. The number of carbonyl (C=O) groups is 3. The molecular formula is C62H111O11P. The van der Waals surface area contributed by atoms with Gasteiger partial charge in [-0.1, -0.05) is 216 Å². The Kier molecular flexibility index (Phi) is 54.2. The summed E-state index contributed by atoms with van der Waals surface area (Å²) in [5.41, 5.74) is 0. The largest absolute Gasteiger partial charge is 0.472 e. The van der Waals surface area contributed by atoms with E-state index in [4.69, 9.17) is 23.3 Å². The van der Waals surface area contributed by atoms with Gasteiger partial charge in [-0.05, 0) is 103 Å². The average molecular weight is 1060 g/mol. The number of unbranched alkanes of at least 4 members (excludes halogenated alkanes) is 29. The maximum Gasteiger partial charge on any atom is 0.472 e. The van der Waals surface area contributed by atoms with Crippen LogP contribution in [0.15, 0.2) is 60.8 Å². The van der Waals surface area contributed by atoms with Gasteiger partial charge in [-0.2, -0.15) is 0 Å². The Morgan fingerprint density at radius 2 is 0.676 bits per heavy atom. The predicted molar refractivity (Wildman–Crippen MR) is 307 cm³/mol. The summed E-state index contributed by atoms with van der Waals surface area (Å²) in [4.78, 5) is 48.6. The maximum absolute atomic E-state index is 12.9. The zero-order chi connectivity index (χ0) is 54.1. The van der Waals surface area contributed by atoms with Crippen molar-refractivity contribution in [3.63, 3.8) is 0 Å². The lowest BCUT2D eigenvalue weighted by Gasteiger charge is -2.21. The third kappa shape index (κ3) is 54.0. The van der Waals surface area contributed by atoms with Crippen LogP contribution < -0.4 is 0 Å². The second kappa shape index (κ2) is 56.4. The Balaban J connectivity index is 4.74. The third-order valence-corrected chi connectivity index (χ3v) is 13.8. The van der Waals surface area contributed by atoms with E-state index in [9.17, 15) is 28.9 Å². The molecule has 0 aromatic carbocycles. The minimum atomic E-state index is -4.75. The molecule has 3 unspecified atom stereocenters. The van der Waals surface area contributed by atoms with Crippen LogP contribution in [-0.4, -0.2) is 66.5 Å². The molecule has 0 saturated heterocycles. The van der Waals surface area contributed by atoms with E-state index in [-0.39, 0.29) is 25.9 Å². The van der Waals surface area contributed by atoms with E-state index in [1.54, 1.807) is 0 Å². The summed E-state index contributed by atoms with van der Waals surface area (Å²) in [5.74, 6) is -1.48. The van der Waals surface area contributed by atoms with Gasteiger partial charge in [0.2, 0.25) is 0 Å². The van der Waals surface area contributed by atoms with Crippen LogP contribution in [0, 0.1) is 0 Å². The van der Waals surface area contributed by atoms with E-state index in [0.29, 0.717) is 19.3 Å². The van der Waals surface area contributed by atoms with Gasteiger partial charge < -0.3 is 24.2 Å². The summed E-state index contributed by atoms with van der Waals surface area (Å²) in [6, 6.07) is 0. The van der Waals surface area contributed by atoms with Gasteiger partial charge in [0, 0.05) is 19.3 Å². The molecule has 0 heterocycles. The lowest BCUT2D eigenvalue weighted by Crippen LogP contribution is -2.30. The lowest BCUT2D eigenvalue weighted by atomic mass is 10.1. The highest BCUT2D eigenvalue weighted by Crippen LogP contribution is 2.43. The summed E-state index contributed by atoms with van der Waals surface area (Å²) >= 11 is 0. The Morgan fingerprint density at radius 3 is 1.09 bits per heavy atom. The molecule has 0 rings (SSSR count). The third-order valence-electron chi connectivity index (χ3n) is 12.9. The highest BCUT2D eigenvalue weighted by atomic mass is 31.2. The molecule has 12 heteroatoms. The van der Waals surface area contributed by atoms with Crippen molar-refractivity contribution < 1.29 is 52.2 Å². The maximum atomic E-state index is 12.9. The SMILES string of the molecule is CCCC/C=C\CCCCCCCC(=O)OC(CO)COP(=O)(O)OCC(COC(=O)CCCCCCCCC/C=C\CCCCCCCC)OC(=O)CCCCCCCC/C=C\C/C=C\C/C=C\CCCCC. The van der Waals surface area contributed by atoms with Gasteiger partial charge in [-0.3, -0.25) is 23.4 Å². The number of rotatable bonds is 56. The molecule has 0 aliphatic heterocycles. The summed E-state index contributed by atoms with van der Waals surface area (Å²) in [6.07, 6.45) is 61.7. The molecule has 0 bridgehead atoms. The molecule has 0 amide bonds. The van der Waals surface area contributed by atoms with Crippen LogP contribution in [-0.2, 0) is 42.2 Å². The molecule has 0 saturated carbocycles. The highest BCUT2D eigenvalue weighted by molar-refractivity contribution is 7.47. The molecule has 0 spiro atoms. The highest BCUT2D eigenvalue weighted by Gasteiger charge is 2.28. The van der Waals surface area contributed by atoms with Crippen molar-refractivity contribution in [2.45, 2.75) is 290 Å². The second-order valence-electron chi connectivity index (χ2n) is 20.2. The van der Waals surface area contributed by atoms with Crippen LogP contribution in [0.4, 0.5) is 0 Å². The van der Waals surface area contributed by atoms with Crippen LogP contribution in [0.5, 0.6) is 0 Å². The number of aliphatic hydroxyl groups excluding tert-OH is 1. The Bertz CT molecular complexity index is 1470. The van der Waals surface area contributed by atoms with E-state index in [2.05, 4.69) is 81.5 Å². The zero-order valence-corrected chi connectivity index (χ0v) is 48.5. The minimum Gasteiger partial charge on any atom is -0.462 e. The van der Waals surface area contributed by atoms with Crippen molar-refractivity contribution in [2.75, 3.05) is 26.4 Å². The van der Waals surface area contributed by atoms with Crippen LogP contribution in [0.1, 0.15) is 278 Å². The molecule has 0 aliphatic carbocycles. The summed E-state index contributed by atoms with van der Waals surface area (Å²) in [6.45, 7) is 4.57. The first-order chi connectivity index (χ1) is 36.2. The van der Waals surface area contributed by atoms with Crippen molar-refractivity contribution in [3.8, 4) is 0 Å². The number of esters is 3. The van der Waals surface area contributed by atoms with Crippen LogP contribution in [0.3, 0.4) is 0 Å². The van der Waals surface area contributed by atoms with E-state index in [1.165, 1.54) is 103 Å². The number of carbonyl (C=O) groups excluding carboxylic acids is 3. The molecule has 3 atom stereocenters. The molecule has 430 valence electrons. The quantitative estimate of drug-likeness (QED) is 0.0197. The van der Waals surface area contributed by atoms with E-state index >= 15 is 0 Å². The standard InChI is InChI=1S/C62H111O11P/c1-4-7-10-13-16-19-22-24-26-28-29-31-33-35-38-41-44-47-50-53-62(66)73-59(55-69-60(64)51-48-45-42-39-37-34-32-30-27-25-23-20-17-14-11-8-5-2)57-71-74(67,68)70-56-58(54-63)72-61(65)52-49-46-43-40-36-21-18-15-12-9-6-3/h15-16,18-19,24-27,29,31,58-59,63H,4-14,17,20-23,28,30,32-57H2,1-3H3,(H,67,68)/b18-15-,19-16-,26-24-,27-25-,31-29-. The topological polar surface area (TPSA) is 155 Å². The molecular weight excluding hydrogens is 952 g/mol. The van der Waals surface area contributed by atoms with Crippen molar-refractivity contribution in [1.82, 2.24) is 0 Å². The van der Waals surface area contributed by atoms with E-state index in [0.717, 1.165) is 116 Å². The number of aliphatic hydroxyl groups is 1. The van der Waals surface area contributed by atoms with Gasteiger partial charge in [0.25, 0.3) is 0 Å². The molecule has 0 fully saturated rings. The first-order valence-electron chi connectivity index (χ1n) is 30.2.